The molecule has 0 rings (SSSR count). The Balaban J connectivity index is 3.79. The van der Waals surface area contributed by atoms with Crippen molar-refractivity contribution in [2.75, 3.05) is 0 Å². The largest absolute Gasteiger partial charge is 0.510 e. The summed E-state index contributed by atoms with van der Waals surface area (Å²) in [7, 11) is 0. The zero-order valence-corrected chi connectivity index (χ0v) is 4.60. The summed E-state index contributed by atoms with van der Waals surface area (Å²) in [5.41, 5.74) is -1.14. The Bertz CT molecular complexity index is 78.6. The third-order valence-corrected chi connectivity index (χ3v) is 0.706. The molecule has 0 aromatic rings. The van der Waals surface area contributed by atoms with Gasteiger partial charge in [0.2, 0.25) is 0 Å². The van der Waals surface area contributed by atoms with Crippen LogP contribution in [0.3, 0.4) is 0 Å². The highest BCUT2D eigenvalue weighted by Crippen LogP contribution is 2.07. The van der Waals surface area contributed by atoms with Crippen LogP contribution in [0.15, 0.2) is 12.3 Å². The molecule has 0 saturated heterocycles. The predicted octanol–water partition coefficient (Wildman–Crippen LogP) is 0.829. The van der Waals surface area contributed by atoms with Gasteiger partial charge in [0.25, 0.3) is 0 Å². The second-order valence-corrected chi connectivity index (χ2v) is 2.01. The van der Waals surface area contributed by atoms with E-state index in [1.807, 2.05) is 0 Å². The summed E-state index contributed by atoms with van der Waals surface area (Å²) >= 11 is 0. The van der Waals surface area contributed by atoms with Gasteiger partial charge in [-0.1, -0.05) is 6.58 Å². The monoisotopic (exact) mass is 102 g/mol. The van der Waals surface area contributed by atoms with Gasteiger partial charge >= 0.3 is 0 Å². The molecule has 42 valence electrons. The Hall–Kier alpha value is -0.500. The number of hydrogen-bond donors (Lipinski definition) is 2. The fourth-order valence-corrected chi connectivity index (χ4v) is 0. The molecular weight excluding hydrogens is 92.1 g/mol. The first-order chi connectivity index (χ1) is 2.94. The second kappa shape index (κ2) is 1.54. The highest BCUT2D eigenvalue weighted by Gasteiger charge is 2.14. The molecule has 0 aliphatic carbocycles. The van der Waals surface area contributed by atoms with Crippen molar-refractivity contribution < 1.29 is 10.2 Å². The summed E-state index contributed by atoms with van der Waals surface area (Å²) in [4.78, 5) is 0. The lowest BCUT2D eigenvalue weighted by Crippen LogP contribution is -2.20. The first-order valence-electron chi connectivity index (χ1n) is 2.05. The van der Waals surface area contributed by atoms with Crippen LogP contribution in [-0.4, -0.2) is 15.8 Å². The molecule has 0 aromatic heterocycles. The Morgan fingerprint density at radius 1 is 1.57 bits per heavy atom. The Morgan fingerprint density at radius 2 is 1.71 bits per heavy atom. The van der Waals surface area contributed by atoms with Crippen LogP contribution in [0, 0.1) is 0 Å². The molecule has 0 radical (unpaired) electrons. The zero-order chi connectivity index (χ0) is 6.08. The smallest absolute Gasteiger partial charge is 0.116 e. The van der Waals surface area contributed by atoms with E-state index in [1.165, 1.54) is 13.8 Å². The van der Waals surface area contributed by atoms with Crippen LogP contribution < -0.4 is 0 Å². The minimum atomic E-state index is -1.14. The summed E-state index contributed by atoms with van der Waals surface area (Å²) in [6.45, 7) is 6.07. The van der Waals surface area contributed by atoms with Crippen molar-refractivity contribution in [1.29, 1.82) is 0 Å². The fraction of sp³-hybridized carbons (Fsp3) is 0.600. The van der Waals surface area contributed by atoms with E-state index in [0.29, 0.717) is 0 Å². The number of aliphatic hydroxyl groups is 2. The van der Waals surface area contributed by atoms with Gasteiger partial charge in [0, 0.05) is 0 Å². The zero-order valence-electron chi connectivity index (χ0n) is 4.60. The normalized spacial score (nSPS) is 11.3. The van der Waals surface area contributed by atoms with Gasteiger partial charge in [0.15, 0.2) is 0 Å². The second-order valence-electron chi connectivity index (χ2n) is 2.01. The average Bonchev–Trinajstić information content (AvgIpc) is 1.31. The van der Waals surface area contributed by atoms with Crippen LogP contribution in [0.25, 0.3) is 0 Å². The van der Waals surface area contributed by atoms with Crippen LogP contribution in [0.4, 0.5) is 0 Å². The molecule has 0 unspecified atom stereocenters. The molecule has 2 N–H and O–H groups in total. The summed E-state index contributed by atoms with van der Waals surface area (Å²) in [5.74, 6) is -0.201. The minimum absolute atomic E-state index is 0.201. The lowest BCUT2D eigenvalue weighted by atomic mass is 10.1. The van der Waals surface area contributed by atoms with Gasteiger partial charge in [0.1, 0.15) is 11.4 Å². The SMILES string of the molecule is C=C(O)C(C)(C)O. The number of aliphatic hydroxyl groups excluding tert-OH is 1. The van der Waals surface area contributed by atoms with E-state index in [0.717, 1.165) is 0 Å². The van der Waals surface area contributed by atoms with Gasteiger partial charge in [-0.25, -0.2) is 0 Å². The molecule has 7 heavy (non-hydrogen) atoms. The van der Waals surface area contributed by atoms with Crippen molar-refractivity contribution in [3.63, 3.8) is 0 Å². The first kappa shape index (κ1) is 6.50. The van der Waals surface area contributed by atoms with E-state index in [1.54, 1.807) is 0 Å². The molecule has 0 fully saturated rings. The van der Waals surface area contributed by atoms with Gasteiger partial charge in [-0.15, -0.1) is 0 Å². The van der Waals surface area contributed by atoms with Crippen LogP contribution in [0.1, 0.15) is 13.8 Å². The molecule has 0 saturated carbocycles. The molecule has 2 heteroatoms. The van der Waals surface area contributed by atoms with Crippen LogP contribution in [0.5, 0.6) is 0 Å². The maximum atomic E-state index is 8.75. The van der Waals surface area contributed by atoms with E-state index in [9.17, 15) is 0 Å². The Morgan fingerprint density at radius 3 is 1.71 bits per heavy atom. The molecule has 0 aromatic carbocycles. The van der Waals surface area contributed by atoms with Crippen molar-refractivity contribution in [2.45, 2.75) is 19.4 Å². The number of hydrogen-bond acceptors (Lipinski definition) is 2. The Labute approximate surface area is 43.1 Å². The molecule has 0 spiro atoms. The molecule has 0 aliphatic rings. The van der Waals surface area contributed by atoms with Crippen molar-refractivity contribution in [2.24, 2.45) is 0 Å². The third kappa shape index (κ3) is 2.23. The molecular formula is C5H10O2. The van der Waals surface area contributed by atoms with Crippen LogP contribution >= 0.6 is 0 Å². The van der Waals surface area contributed by atoms with Gasteiger partial charge in [-0.3, -0.25) is 0 Å². The van der Waals surface area contributed by atoms with E-state index in [-0.39, 0.29) is 5.76 Å². The van der Waals surface area contributed by atoms with Gasteiger partial charge in [-0.05, 0) is 13.8 Å². The molecule has 0 aliphatic heterocycles. The topological polar surface area (TPSA) is 40.5 Å². The standard InChI is InChI=1S/C5H10O2/c1-4(6)5(2,3)7/h6-7H,1H2,2-3H3. The maximum absolute atomic E-state index is 8.75. The highest BCUT2D eigenvalue weighted by atomic mass is 16.3. The van der Waals surface area contributed by atoms with Crippen molar-refractivity contribution in [1.82, 2.24) is 0 Å². The lowest BCUT2D eigenvalue weighted by molar-refractivity contribution is 0.0721. The van der Waals surface area contributed by atoms with Gasteiger partial charge in [0.05, 0.1) is 0 Å². The molecule has 0 atom stereocenters. The van der Waals surface area contributed by atoms with E-state index in [2.05, 4.69) is 6.58 Å². The van der Waals surface area contributed by atoms with Crippen molar-refractivity contribution in [3.05, 3.63) is 12.3 Å². The van der Waals surface area contributed by atoms with Gasteiger partial charge in [-0.2, -0.15) is 0 Å². The summed E-state index contributed by atoms with van der Waals surface area (Å²) < 4.78 is 0. The average molecular weight is 102 g/mol. The number of rotatable bonds is 1. The van der Waals surface area contributed by atoms with Crippen molar-refractivity contribution >= 4 is 0 Å². The fourth-order valence-electron chi connectivity index (χ4n) is 0. The van der Waals surface area contributed by atoms with Crippen molar-refractivity contribution in [3.8, 4) is 0 Å². The quantitative estimate of drug-likeness (QED) is 0.481. The van der Waals surface area contributed by atoms with Crippen LogP contribution in [-0.2, 0) is 0 Å². The summed E-state index contributed by atoms with van der Waals surface area (Å²) in [5, 5.41) is 17.2. The highest BCUT2D eigenvalue weighted by molar-refractivity contribution is 4.96. The molecule has 0 bridgehead atoms. The van der Waals surface area contributed by atoms with E-state index < -0.39 is 5.60 Å². The summed E-state index contributed by atoms with van der Waals surface area (Å²) in [6.07, 6.45) is 0. The Kier molecular flexibility index (Phi) is 1.43. The third-order valence-electron chi connectivity index (χ3n) is 0.706. The lowest BCUT2D eigenvalue weighted by Gasteiger charge is -2.13. The van der Waals surface area contributed by atoms with E-state index >= 15 is 0 Å². The predicted molar refractivity (Wildman–Crippen MR) is 28.1 cm³/mol. The van der Waals surface area contributed by atoms with Crippen LogP contribution in [0.2, 0.25) is 0 Å². The van der Waals surface area contributed by atoms with Gasteiger partial charge < -0.3 is 10.2 Å². The molecule has 0 amide bonds. The van der Waals surface area contributed by atoms with E-state index in [4.69, 9.17) is 10.2 Å². The minimum Gasteiger partial charge on any atom is -0.510 e. The molecule has 2 nitrogen and oxygen atoms in total. The summed E-state index contributed by atoms with van der Waals surface area (Å²) in [6, 6.07) is 0. The first-order valence-corrected chi connectivity index (χ1v) is 2.05. The maximum Gasteiger partial charge on any atom is 0.116 e. The molecule has 0 heterocycles.